The molecule has 3 heteroatoms. The van der Waals surface area contributed by atoms with E-state index in [9.17, 15) is 4.79 Å². The number of anilines is 1. The summed E-state index contributed by atoms with van der Waals surface area (Å²) in [5.41, 5.74) is 4.84. The van der Waals surface area contributed by atoms with Crippen LogP contribution in [0.15, 0.2) is 48.5 Å². The Kier molecular flexibility index (Phi) is 5.07. The van der Waals surface area contributed by atoms with Crippen molar-refractivity contribution < 1.29 is 4.79 Å². The molecule has 1 aliphatic heterocycles. The van der Waals surface area contributed by atoms with Crippen molar-refractivity contribution in [1.29, 1.82) is 0 Å². The Bertz CT molecular complexity index is 878. The molecule has 2 saturated carbocycles. The lowest BCUT2D eigenvalue weighted by molar-refractivity contribution is 0.0952. The summed E-state index contributed by atoms with van der Waals surface area (Å²) >= 11 is 0. The summed E-state index contributed by atoms with van der Waals surface area (Å²) in [5.74, 6) is 2.89. The smallest absolute Gasteiger partial charge is 0.251 e. The van der Waals surface area contributed by atoms with E-state index in [0.717, 1.165) is 30.4 Å². The summed E-state index contributed by atoms with van der Waals surface area (Å²) in [6, 6.07) is 17.7. The Hall–Kier alpha value is -2.29. The van der Waals surface area contributed by atoms with Gasteiger partial charge in [0.2, 0.25) is 0 Å². The molecular formula is C26H32N2O. The Balaban J connectivity index is 1.44. The van der Waals surface area contributed by atoms with Crippen LogP contribution in [-0.4, -0.2) is 12.5 Å². The minimum atomic E-state index is 0.0776. The zero-order valence-corrected chi connectivity index (χ0v) is 17.4. The predicted octanol–water partition coefficient (Wildman–Crippen LogP) is 5.90. The van der Waals surface area contributed by atoms with Gasteiger partial charge in [-0.25, -0.2) is 0 Å². The molecule has 0 unspecified atom stereocenters. The molecule has 5 atom stereocenters. The predicted molar refractivity (Wildman–Crippen MR) is 118 cm³/mol. The van der Waals surface area contributed by atoms with E-state index in [0.29, 0.717) is 17.9 Å². The number of benzene rings is 2. The normalized spacial score (nSPS) is 29.1. The standard InChI is InChI=1S/C26H32N2O/c1-2-3-7-14-27-26(29)20-12-13-22-21(16-20)23-18-10-11-19(15-18)24(23)25(28-22)17-8-5-4-6-9-17/h4-6,8-9,12-13,16,18-19,23-25,28H,2-3,7,10-11,14-15H2,1H3,(H,27,29)/t18-,19-,23-,24-,25-/m0/s1. The van der Waals surface area contributed by atoms with E-state index in [1.54, 1.807) is 0 Å². The molecule has 0 radical (unpaired) electrons. The highest BCUT2D eigenvalue weighted by molar-refractivity contribution is 5.95. The summed E-state index contributed by atoms with van der Waals surface area (Å²) in [7, 11) is 0. The molecule has 29 heavy (non-hydrogen) atoms. The lowest BCUT2D eigenvalue weighted by Gasteiger charge is -2.43. The van der Waals surface area contributed by atoms with Crippen LogP contribution in [0.1, 0.15) is 78.9 Å². The molecule has 2 N–H and O–H groups in total. The largest absolute Gasteiger partial charge is 0.378 e. The van der Waals surface area contributed by atoms with Crippen LogP contribution in [0.25, 0.3) is 0 Å². The third-order valence-electron chi connectivity index (χ3n) is 7.57. The topological polar surface area (TPSA) is 41.1 Å². The van der Waals surface area contributed by atoms with E-state index in [2.05, 4.69) is 60.0 Å². The molecule has 152 valence electrons. The molecule has 1 heterocycles. The number of rotatable bonds is 6. The molecule has 2 fully saturated rings. The van der Waals surface area contributed by atoms with Gasteiger partial charge in [0.25, 0.3) is 5.91 Å². The monoisotopic (exact) mass is 388 g/mol. The van der Waals surface area contributed by atoms with Crippen LogP contribution in [-0.2, 0) is 0 Å². The Morgan fingerprint density at radius 3 is 2.72 bits per heavy atom. The van der Waals surface area contributed by atoms with Gasteiger partial charge in [-0.05, 0) is 78.7 Å². The Morgan fingerprint density at radius 1 is 1.07 bits per heavy atom. The summed E-state index contributed by atoms with van der Waals surface area (Å²) in [4.78, 5) is 12.7. The van der Waals surface area contributed by atoms with Crippen LogP contribution in [0.2, 0.25) is 0 Å². The highest BCUT2D eigenvalue weighted by Crippen LogP contribution is 2.63. The fourth-order valence-electron chi connectivity index (χ4n) is 6.30. The van der Waals surface area contributed by atoms with Gasteiger partial charge in [0.1, 0.15) is 0 Å². The van der Waals surface area contributed by atoms with Crippen LogP contribution in [0.5, 0.6) is 0 Å². The summed E-state index contributed by atoms with van der Waals surface area (Å²) in [6.45, 7) is 2.96. The van der Waals surface area contributed by atoms with Crippen molar-refractivity contribution in [2.75, 3.05) is 11.9 Å². The number of amides is 1. The Labute approximate surface area is 174 Å². The van der Waals surface area contributed by atoms with E-state index in [-0.39, 0.29) is 5.91 Å². The molecular weight excluding hydrogens is 356 g/mol. The summed E-state index contributed by atoms with van der Waals surface area (Å²) in [5, 5.41) is 6.97. The van der Waals surface area contributed by atoms with Crippen LogP contribution in [0.4, 0.5) is 5.69 Å². The van der Waals surface area contributed by atoms with Crippen molar-refractivity contribution in [2.45, 2.75) is 57.4 Å². The number of carbonyl (C=O) groups is 1. The molecule has 0 spiro atoms. The third kappa shape index (κ3) is 3.35. The first-order chi connectivity index (χ1) is 14.3. The number of carbonyl (C=O) groups excluding carboxylic acids is 1. The maximum atomic E-state index is 12.7. The molecule has 2 bridgehead atoms. The van der Waals surface area contributed by atoms with Crippen molar-refractivity contribution in [1.82, 2.24) is 5.32 Å². The quantitative estimate of drug-likeness (QED) is 0.605. The van der Waals surface area contributed by atoms with Gasteiger partial charge in [0.05, 0.1) is 6.04 Å². The van der Waals surface area contributed by atoms with E-state index < -0.39 is 0 Å². The number of hydrogen-bond acceptors (Lipinski definition) is 2. The first kappa shape index (κ1) is 18.7. The third-order valence-corrected chi connectivity index (χ3v) is 7.57. The van der Waals surface area contributed by atoms with E-state index >= 15 is 0 Å². The minimum absolute atomic E-state index is 0.0776. The van der Waals surface area contributed by atoms with E-state index in [1.807, 2.05) is 6.07 Å². The lowest BCUT2D eigenvalue weighted by atomic mass is 9.68. The Morgan fingerprint density at radius 2 is 1.90 bits per heavy atom. The number of hydrogen-bond donors (Lipinski definition) is 2. The van der Waals surface area contributed by atoms with Gasteiger partial charge in [0, 0.05) is 17.8 Å². The van der Waals surface area contributed by atoms with Gasteiger partial charge in [0.15, 0.2) is 0 Å². The van der Waals surface area contributed by atoms with Crippen molar-refractivity contribution in [3.05, 3.63) is 65.2 Å². The van der Waals surface area contributed by atoms with E-state index in [4.69, 9.17) is 0 Å². The summed E-state index contributed by atoms with van der Waals surface area (Å²) < 4.78 is 0. The second kappa shape index (κ2) is 7.85. The van der Waals surface area contributed by atoms with Crippen LogP contribution in [0.3, 0.4) is 0 Å². The zero-order valence-electron chi connectivity index (χ0n) is 17.4. The lowest BCUT2D eigenvalue weighted by Crippen LogP contribution is -2.35. The van der Waals surface area contributed by atoms with Crippen molar-refractivity contribution in [2.24, 2.45) is 17.8 Å². The van der Waals surface area contributed by atoms with Gasteiger partial charge in [-0.3, -0.25) is 4.79 Å². The SMILES string of the molecule is CCCCCNC(=O)c1ccc2c(c1)[C@@H]1[C@H]3CC[C@@H](C3)[C@@H]1[C@H](c1ccccc1)N2. The number of nitrogens with one attached hydrogen (secondary N) is 2. The maximum Gasteiger partial charge on any atom is 0.251 e. The molecule has 3 nitrogen and oxygen atoms in total. The number of fused-ring (bicyclic) bond motifs is 7. The first-order valence-corrected chi connectivity index (χ1v) is 11.5. The van der Waals surface area contributed by atoms with Gasteiger partial charge >= 0.3 is 0 Å². The molecule has 3 aliphatic rings. The van der Waals surface area contributed by atoms with Crippen LogP contribution >= 0.6 is 0 Å². The fourth-order valence-corrected chi connectivity index (χ4v) is 6.30. The molecule has 2 aromatic carbocycles. The molecule has 2 aromatic rings. The zero-order chi connectivity index (χ0) is 19.8. The van der Waals surface area contributed by atoms with E-state index in [1.165, 1.54) is 48.9 Å². The van der Waals surface area contributed by atoms with Gasteiger partial charge in [-0.2, -0.15) is 0 Å². The molecule has 5 rings (SSSR count). The second-order valence-corrected chi connectivity index (χ2v) is 9.23. The average Bonchev–Trinajstić information content (AvgIpc) is 3.39. The molecule has 1 amide bonds. The van der Waals surface area contributed by atoms with Crippen LogP contribution in [0, 0.1) is 17.8 Å². The fraction of sp³-hybridized carbons (Fsp3) is 0.500. The minimum Gasteiger partial charge on any atom is -0.378 e. The van der Waals surface area contributed by atoms with Crippen LogP contribution < -0.4 is 10.6 Å². The van der Waals surface area contributed by atoms with Crippen molar-refractivity contribution in [3.63, 3.8) is 0 Å². The first-order valence-electron chi connectivity index (χ1n) is 11.5. The van der Waals surface area contributed by atoms with Gasteiger partial charge in [-0.1, -0.05) is 50.1 Å². The molecule has 0 saturated heterocycles. The highest BCUT2D eigenvalue weighted by atomic mass is 16.1. The molecule has 2 aliphatic carbocycles. The highest BCUT2D eigenvalue weighted by Gasteiger charge is 2.53. The van der Waals surface area contributed by atoms with Crippen molar-refractivity contribution in [3.8, 4) is 0 Å². The molecule has 0 aromatic heterocycles. The average molecular weight is 389 g/mol. The van der Waals surface area contributed by atoms with Gasteiger partial charge in [-0.15, -0.1) is 0 Å². The number of unbranched alkanes of at least 4 members (excludes halogenated alkanes) is 2. The van der Waals surface area contributed by atoms with Crippen molar-refractivity contribution >= 4 is 11.6 Å². The second-order valence-electron chi connectivity index (χ2n) is 9.23. The maximum absolute atomic E-state index is 12.7. The summed E-state index contributed by atoms with van der Waals surface area (Å²) in [6.07, 6.45) is 7.47. The van der Waals surface area contributed by atoms with Gasteiger partial charge < -0.3 is 10.6 Å².